The van der Waals surface area contributed by atoms with Gasteiger partial charge in [-0.05, 0) is 32.4 Å². The number of hydrogen-bond acceptors (Lipinski definition) is 6. The van der Waals surface area contributed by atoms with Crippen molar-refractivity contribution in [2.75, 3.05) is 11.9 Å². The van der Waals surface area contributed by atoms with Gasteiger partial charge in [0.15, 0.2) is 0 Å². The number of non-ortho nitro benzene ring substituents is 1. The molecule has 0 saturated carbocycles. The van der Waals surface area contributed by atoms with E-state index in [2.05, 4.69) is 15.3 Å². The molecule has 0 spiro atoms. The molecule has 0 radical (unpaired) electrons. The van der Waals surface area contributed by atoms with Gasteiger partial charge >= 0.3 is 0 Å². The zero-order valence-corrected chi connectivity index (χ0v) is 12.1. The Kier molecular flexibility index (Phi) is 4.32. The summed E-state index contributed by atoms with van der Waals surface area (Å²) in [4.78, 5) is 18.7. The van der Waals surface area contributed by atoms with Gasteiger partial charge in [-0.2, -0.15) is 4.98 Å². The number of hydrogen-bond donors (Lipinski definition) is 1. The third-order valence-electron chi connectivity index (χ3n) is 2.84. The molecule has 110 valence electrons. The van der Waals surface area contributed by atoms with Crippen molar-refractivity contribution in [1.82, 2.24) is 9.97 Å². The van der Waals surface area contributed by atoms with Crippen LogP contribution in [-0.2, 0) is 0 Å². The first-order valence-electron chi connectivity index (χ1n) is 6.51. The number of anilines is 1. The number of nitrogens with zero attached hydrogens (tertiary/aromatic N) is 3. The summed E-state index contributed by atoms with van der Waals surface area (Å²) in [6.45, 7) is 6.25. The topological polar surface area (TPSA) is 90.2 Å². The summed E-state index contributed by atoms with van der Waals surface area (Å²) in [6, 6.07) is 4.45. The van der Waals surface area contributed by atoms with Crippen LogP contribution in [-0.4, -0.2) is 21.4 Å². The minimum Gasteiger partial charge on any atom is -0.438 e. The van der Waals surface area contributed by atoms with Crippen molar-refractivity contribution in [3.05, 3.63) is 45.6 Å². The van der Waals surface area contributed by atoms with Crippen LogP contribution in [0.1, 0.15) is 18.1 Å². The molecule has 1 aromatic carbocycles. The summed E-state index contributed by atoms with van der Waals surface area (Å²) in [5, 5.41) is 13.7. The molecular formula is C14H16N4O3. The normalized spacial score (nSPS) is 10.2. The quantitative estimate of drug-likeness (QED) is 0.671. The van der Waals surface area contributed by atoms with E-state index in [0.29, 0.717) is 29.7 Å². The maximum Gasteiger partial charge on any atom is 0.269 e. The first-order valence-corrected chi connectivity index (χ1v) is 6.51. The summed E-state index contributed by atoms with van der Waals surface area (Å²) in [7, 11) is 0. The molecule has 1 N–H and O–H groups in total. The molecule has 0 aliphatic rings. The van der Waals surface area contributed by atoms with Crippen LogP contribution in [0.2, 0.25) is 0 Å². The van der Waals surface area contributed by atoms with Gasteiger partial charge in [0.25, 0.3) is 5.69 Å². The second-order valence-electron chi connectivity index (χ2n) is 4.52. The van der Waals surface area contributed by atoms with Crippen molar-refractivity contribution in [3.63, 3.8) is 0 Å². The van der Waals surface area contributed by atoms with Crippen molar-refractivity contribution < 1.29 is 9.66 Å². The molecule has 0 atom stereocenters. The fourth-order valence-electron chi connectivity index (χ4n) is 1.74. The lowest BCUT2D eigenvalue weighted by Gasteiger charge is -2.11. The van der Waals surface area contributed by atoms with Gasteiger partial charge in [-0.15, -0.1) is 0 Å². The van der Waals surface area contributed by atoms with Crippen LogP contribution < -0.4 is 10.1 Å². The summed E-state index contributed by atoms with van der Waals surface area (Å²) in [5.41, 5.74) is 1.49. The van der Waals surface area contributed by atoms with Crippen LogP contribution in [0.5, 0.6) is 11.6 Å². The molecule has 1 aromatic heterocycles. The van der Waals surface area contributed by atoms with Crippen LogP contribution in [0.4, 0.5) is 11.6 Å². The smallest absolute Gasteiger partial charge is 0.269 e. The van der Waals surface area contributed by atoms with Gasteiger partial charge < -0.3 is 10.1 Å². The molecular weight excluding hydrogens is 272 g/mol. The molecule has 0 saturated heterocycles. The first kappa shape index (κ1) is 14.7. The second kappa shape index (κ2) is 6.17. The monoisotopic (exact) mass is 288 g/mol. The molecule has 0 aliphatic heterocycles. The molecule has 2 rings (SSSR count). The predicted molar refractivity (Wildman–Crippen MR) is 78.8 cm³/mol. The van der Waals surface area contributed by atoms with Gasteiger partial charge in [0.1, 0.15) is 5.75 Å². The van der Waals surface area contributed by atoms with E-state index in [4.69, 9.17) is 4.74 Å². The fourth-order valence-corrected chi connectivity index (χ4v) is 1.74. The Balaban J connectivity index is 2.29. The predicted octanol–water partition coefficient (Wildman–Crippen LogP) is 3.23. The average molecular weight is 288 g/mol. The fraction of sp³-hybridized carbons (Fsp3) is 0.286. The van der Waals surface area contributed by atoms with E-state index in [1.807, 2.05) is 13.8 Å². The Hall–Kier alpha value is -2.70. The van der Waals surface area contributed by atoms with E-state index in [1.165, 1.54) is 12.1 Å². The van der Waals surface area contributed by atoms with Crippen molar-refractivity contribution in [3.8, 4) is 11.6 Å². The zero-order chi connectivity index (χ0) is 15.4. The van der Waals surface area contributed by atoms with Crippen molar-refractivity contribution >= 4 is 11.6 Å². The number of aromatic nitrogens is 2. The number of benzene rings is 1. The molecule has 0 unspecified atom stereocenters. The SMILES string of the molecule is CCNc1ncc(C)c(Oc2ccc([N+](=O)[O-])cc2C)n1. The molecule has 7 heteroatoms. The van der Waals surface area contributed by atoms with Gasteiger partial charge in [0.05, 0.1) is 4.92 Å². The van der Waals surface area contributed by atoms with Gasteiger partial charge in [0.2, 0.25) is 11.8 Å². The average Bonchev–Trinajstić information content (AvgIpc) is 2.44. The Morgan fingerprint density at radius 2 is 2.10 bits per heavy atom. The van der Waals surface area contributed by atoms with Crippen LogP contribution in [0.3, 0.4) is 0 Å². The minimum absolute atomic E-state index is 0.0348. The number of ether oxygens (including phenoxy) is 1. The Labute approximate surface area is 122 Å². The van der Waals surface area contributed by atoms with Gasteiger partial charge in [0, 0.05) is 30.4 Å². The van der Waals surface area contributed by atoms with E-state index >= 15 is 0 Å². The van der Waals surface area contributed by atoms with E-state index < -0.39 is 4.92 Å². The standard InChI is InChI=1S/C14H16N4O3/c1-4-15-14-16-8-10(3)13(17-14)21-12-6-5-11(18(19)20)7-9(12)2/h5-8H,4H2,1-3H3,(H,15,16,17). The molecule has 0 aliphatic carbocycles. The highest BCUT2D eigenvalue weighted by atomic mass is 16.6. The highest BCUT2D eigenvalue weighted by Crippen LogP contribution is 2.28. The van der Waals surface area contributed by atoms with E-state index in [1.54, 1.807) is 19.2 Å². The number of rotatable bonds is 5. The third-order valence-corrected chi connectivity index (χ3v) is 2.84. The Morgan fingerprint density at radius 3 is 2.71 bits per heavy atom. The molecule has 21 heavy (non-hydrogen) atoms. The highest BCUT2D eigenvalue weighted by molar-refractivity contribution is 5.45. The molecule has 2 aromatic rings. The minimum atomic E-state index is -0.435. The van der Waals surface area contributed by atoms with E-state index in [9.17, 15) is 10.1 Å². The maximum absolute atomic E-state index is 10.7. The summed E-state index contributed by atoms with van der Waals surface area (Å²) in [6.07, 6.45) is 1.67. The molecule has 0 amide bonds. The lowest BCUT2D eigenvalue weighted by Crippen LogP contribution is -2.04. The summed E-state index contributed by atoms with van der Waals surface area (Å²) in [5.74, 6) is 1.44. The van der Waals surface area contributed by atoms with Crippen LogP contribution >= 0.6 is 0 Å². The Bertz CT molecular complexity index is 673. The van der Waals surface area contributed by atoms with Crippen molar-refractivity contribution in [2.45, 2.75) is 20.8 Å². The number of nitrogens with one attached hydrogen (secondary N) is 1. The van der Waals surface area contributed by atoms with Gasteiger partial charge in [-0.1, -0.05) is 0 Å². The van der Waals surface area contributed by atoms with Crippen molar-refractivity contribution in [2.24, 2.45) is 0 Å². The van der Waals surface area contributed by atoms with Crippen LogP contribution in [0.15, 0.2) is 24.4 Å². The van der Waals surface area contributed by atoms with Crippen molar-refractivity contribution in [1.29, 1.82) is 0 Å². The lowest BCUT2D eigenvalue weighted by molar-refractivity contribution is -0.384. The van der Waals surface area contributed by atoms with E-state index in [-0.39, 0.29) is 5.69 Å². The lowest BCUT2D eigenvalue weighted by atomic mass is 10.2. The Morgan fingerprint density at radius 1 is 1.33 bits per heavy atom. The summed E-state index contributed by atoms with van der Waals surface area (Å²) >= 11 is 0. The largest absolute Gasteiger partial charge is 0.438 e. The molecule has 0 fully saturated rings. The van der Waals surface area contributed by atoms with Crippen LogP contribution in [0, 0.1) is 24.0 Å². The van der Waals surface area contributed by atoms with Gasteiger partial charge in [-0.3, -0.25) is 10.1 Å². The molecule has 7 nitrogen and oxygen atoms in total. The number of aryl methyl sites for hydroxylation is 2. The van der Waals surface area contributed by atoms with E-state index in [0.717, 1.165) is 5.56 Å². The highest BCUT2D eigenvalue weighted by Gasteiger charge is 2.12. The summed E-state index contributed by atoms with van der Waals surface area (Å²) < 4.78 is 5.75. The number of nitro groups is 1. The second-order valence-corrected chi connectivity index (χ2v) is 4.52. The number of nitro benzene ring substituents is 1. The zero-order valence-electron chi connectivity index (χ0n) is 12.1. The molecule has 0 bridgehead atoms. The van der Waals surface area contributed by atoms with Gasteiger partial charge in [-0.25, -0.2) is 4.98 Å². The maximum atomic E-state index is 10.7. The first-order chi connectivity index (χ1) is 10.0. The van der Waals surface area contributed by atoms with Crippen LogP contribution in [0.25, 0.3) is 0 Å². The molecule has 1 heterocycles. The third kappa shape index (κ3) is 3.44.